The van der Waals surface area contributed by atoms with E-state index in [-0.39, 0.29) is 24.0 Å². The fourth-order valence-corrected chi connectivity index (χ4v) is 3.82. The molecular weight excluding hydrogens is 465 g/mol. The van der Waals surface area contributed by atoms with E-state index in [1.54, 1.807) is 0 Å². The summed E-state index contributed by atoms with van der Waals surface area (Å²) in [5, 5.41) is 6.94. The molecule has 0 amide bonds. The van der Waals surface area contributed by atoms with Gasteiger partial charge < -0.3 is 20.1 Å². The van der Waals surface area contributed by atoms with Crippen molar-refractivity contribution in [3.63, 3.8) is 0 Å². The third-order valence-electron chi connectivity index (χ3n) is 6.16. The summed E-state index contributed by atoms with van der Waals surface area (Å²) < 4.78 is 11.4. The molecular formula is C22H36IN3O2. The molecule has 1 heterocycles. The van der Waals surface area contributed by atoms with Crippen LogP contribution in [0.3, 0.4) is 0 Å². The molecule has 0 atom stereocenters. The third-order valence-corrected chi connectivity index (χ3v) is 6.16. The second-order valence-electron chi connectivity index (χ2n) is 7.93. The van der Waals surface area contributed by atoms with Crippen LogP contribution in [0.5, 0.6) is 0 Å². The van der Waals surface area contributed by atoms with Crippen molar-refractivity contribution >= 4 is 29.9 Å². The quantitative estimate of drug-likeness (QED) is 0.318. The Morgan fingerprint density at radius 2 is 1.82 bits per heavy atom. The minimum absolute atomic E-state index is 0. The molecule has 0 aromatic heterocycles. The van der Waals surface area contributed by atoms with Crippen LogP contribution in [0.2, 0.25) is 0 Å². The number of ether oxygens (including phenoxy) is 2. The number of nitrogens with one attached hydrogen (secondary N) is 2. The van der Waals surface area contributed by atoms with Crippen molar-refractivity contribution in [3.05, 3.63) is 35.4 Å². The maximum atomic E-state index is 5.99. The molecule has 0 spiro atoms. The Balaban J connectivity index is 0.00000280. The second kappa shape index (κ2) is 12.0. The Labute approximate surface area is 187 Å². The summed E-state index contributed by atoms with van der Waals surface area (Å²) in [6.07, 6.45) is 7.65. The van der Waals surface area contributed by atoms with Gasteiger partial charge in [0.1, 0.15) is 0 Å². The maximum Gasteiger partial charge on any atom is 0.191 e. The smallest absolute Gasteiger partial charge is 0.191 e. The van der Waals surface area contributed by atoms with E-state index in [0.29, 0.717) is 18.1 Å². The predicted molar refractivity (Wildman–Crippen MR) is 125 cm³/mol. The van der Waals surface area contributed by atoms with Crippen LogP contribution in [-0.2, 0) is 22.6 Å². The maximum absolute atomic E-state index is 5.99. The Morgan fingerprint density at radius 1 is 1.14 bits per heavy atom. The highest BCUT2D eigenvalue weighted by molar-refractivity contribution is 14.0. The molecule has 158 valence electrons. The summed E-state index contributed by atoms with van der Waals surface area (Å²) in [6.45, 7) is 6.42. The number of rotatable bonds is 8. The third kappa shape index (κ3) is 6.88. The van der Waals surface area contributed by atoms with Crippen LogP contribution < -0.4 is 10.6 Å². The SMILES string of the molecule is CCC1(CNC(=NC)NCc2ccc(COC3CCOCC3)cc2)CCC1.I. The van der Waals surface area contributed by atoms with Crippen molar-refractivity contribution in [2.45, 2.75) is 64.7 Å². The van der Waals surface area contributed by atoms with Gasteiger partial charge in [0, 0.05) is 33.4 Å². The number of aliphatic imine (C=N–C) groups is 1. The molecule has 28 heavy (non-hydrogen) atoms. The molecule has 0 radical (unpaired) electrons. The lowest BCUT2D eigenvalue weighted by Gasteiger charge is -2.41. The summed E-state index contributed by atoms with van der Waals surface area (Å²) in [4.78, 5) is 4.36. The Bertz CT molecular complexity index is 591. The van der Waals surface area contributed by atoms with Crippen LogP contribution in [0, 0.1) is 5.41 Å². The van der Waals surface area contributed by atoms with Crippen LogP contribution in [0.15, 0.2) is 29.3 Å². The molecule has 1 aliphatic carbocycles. The van der Waals surface area contributed by atoms with Crippen molar-refractivity contribution in [1.29, 1.82) is 0 Å². The highest BCUT2D eigenvalue weighted by Gasteiger charge is 2.34. The van der Waals surface area contributed by atoms with Gasteiger partial charge in [-0.25, -0.2) is 0 Å². The molecule has 1 aliphatic heterocycles. The van der Waals surface area contributed by atoms with E-state index in [4.69, 9.17) is 9.47 Å². The standard InChI is InChI=1S/C22H35N3O2.HI/c1-3-22(11-4-12-22)17-25-21(23-2)24-15-18-5-7-19(8-6-18)16-27-20-9-13-26-14-10-20;/h5-8,20H,3-4,9-17H2,1-2H3,(H2,23,24,25);1H. The number of halogens is 1. The zero-order chi connectivity index (χ0) is 19.0. The molecule has 1 aromatic rings. The van der Waals surface area contributed by atoms with E-state index >= 15 is 0 Å². The summed E-state index contributed by atoms with van der Waals surface area (Å²) in [5.74, 6) is 0.890. The summed E-state index contributed by atoms with van der Waals surface area (Å²) in [7, 11) is 1.84. The number of guanidine groups is 1. The van der Waals surface area contributed by atoms with Gasteiger partial charge in [0.25, 0.3) is 0 Å². The van der Waals surface area contributed by atoms with Gasteiger partial charge in [0.15, 0.2) is 5.96 Å². The molecule has 1 aromatic carbocycles. The first-order valence-corrected chi connectivity index (χ1v) is 10.4. The first-order chi connectivity index (χ1) is 13.2. The largest absolute Gasteiger partial charge is 0.381 e. The Morgan fingerprint density at radius 3 is 2.39 bits per heavy atom. The van der Waals surface area contributed by atoms with E-state index in [1.165, 1.54) is 36.8 Å². The average Bonchev–Trinajstić information content (AvgIpc) is 2.69. The first kappa shape index (κ1) is 23.4. The lowest BCUT2D eigenvalue weighted by Crippen LogP contribution is -2.46. The molecule has 2 N–H and O–H groups in total. The van der Waals surface area contributed by atoms with Gasteiger partial charge in [0.05, 0.1) is 12.7 Å². The number of nitrogens with zero attached hydrogens (tertiary/aromatic N) is 1. The van der Waals surface area contributed by atoms with Crippen LogP contribution in [0.25, 0.3) is 0 Å². The van der Waals surface area contributed by atoms with Crippen LogP contribution in [-0.4, -0.2) is 38.9 Å². The zero-order valence-electron chi connectivity index (χ0n) is 17.3. The summed E-state index contributed by atoms with van der Waals surface area (Å²) in [6, 6.07) is 8.66. The van der Waals surface area contributed by atoms with Crippen molar-refractivity contribution in [1.82, 2.24) is 10.6 Å². The topological polar surface area (TPSA) is 54.9 Å². The lowest BCUT2D eigenvalue weighted by molar-refractivity contribution is -0.0390. The molecule has 1 saturated heterocycles. The fourth-order valence-electron chi connectivity index (χ4n) is 3.82. The molecule has 2 aliphatic rings. The molecule has 6 heteroatoms. The average molecular weight is 501 g/mol. The van der Waals surface area contributed by atoms with Gasteiger partial charge in [-0.05, 0) is 48.6 Å². The van der Waals surface area contributed by atoms with E-state index in [1.807, 2.05) is 7.05 Å². The van der Waals surface area contributed by atoms with Crippen molar-refractivity contribution in [3.8, 4) is 0 Å². The normalized spacial score (nSPS) is 19.4. The highest BCUT2D eigenvalue weighted by atomic mass is 127. The minimum Gasteiger partial charge on any atom is -0.381 e. The predicted octanol–water partition coefficient (Wildman–Crippen LogP) is 4.25. The molecule has 5 nitrogen and oxygen atoms in total. The van der Waals surface area contributed by atoms with E-state index in [2.05, 4.69) is 46.8 Å². The Hall–Kier alpha value is -0.860. The van der Waals surface area contributed by atoms with Crippen molar-refractivity contribution < 1.29 is 9.47 Å². The van der Waals surface area contributed by atoms with Gasteiger partial charge in [-0.2, -0.15) is 0 Å². The van der Waals surface area contributed by atoms with Crippen LogP contribution >= 0.6 is 24.0 Å². The van der Waals surface area contributed by atoms with Gasteiger partial charge in [0.2, 0.25) is 0 Å². The molecule has 3 rings (SSSR count). The summed E-state index contributed by atoms with van der Waals surface area (Å²) in [5.41, 5.74) is 2.97. The van der Waals surface area contributed by atoms with E-state index in [0.717, 1.165) is 45.1 Å². The molecule has 0 unspecified atom stereocenters. The fraction of sp³-hybridized carbons (Fsp3) is 0.682. The molecule has 0 bridgehead atoms. The van der Waals surface area contributed by atoms with Gasteiger partial charge in [-0.1, -0.05) is 37.6 Å². The van der Waals surface area contributed by atoms with Gasteiger partial charge in [-0.3, -0.25) is 4.99 Å². The van der Waals surface area contributed by atoms with Gasteiger partial charge in [-0.15, -0.1) is 24.0 Å². The van der Waals surface area contributed by atoms with Crippen LogP contribution in [0.4, 0.5) is 0 Å². The molecule has 2 fully saturated rings. The van der Waals surface area contributed by atoms with Crippen LogP contribution in [0.1, 0.15) is 56.6 Å². The number of hydrogen-bond donors (Lipinski definition) is 2. The monoisotopic (exact) mass is 501 g/mol. The summed E-state index contributed by atoms with van der Waals surface area (Å²) >= 11 is 0. The van der Waals surface area contributed by atoms with Gasteiger partial charge >= 0.3 is 0 Å². The minimum atomic E-state index is 0. The van der Waals surface area contributed by atoms with E-state index in [9.17, 15) is 0 Å². The second-order valence-corrected chi connectivity index (χ2v) is 7.93. The van der Waals surface area contributed by atoms with Crippen molar-refractivity contribution in [2.75, 3.05) is 26.8 Å². The van der Waals surface area contributed by atoms with E-state index < -0.39 is 0 Å². The highest BCUT2D eigenvalue weighted by Crippen LogP contribution is 2.42. The number of hydrogen-bond acceptors (Lipinski definition) is 3. The first-order valence-electron chi connectivity index (χ1n) is 10.4. The Kier molecular flexibility index (Phi) is 10.0. The number of benzene rings is 1. The lowest BCUT2D eigenvalue weighted by atomic mass is 9.67. The molecule has 1 saturated carbocycles. The van der Waals surface area contributed by atoms with Crippen molar-refractivity contribution in [2.24, 2.45) is 10.4 Å². The zero-order valence-corrected chi connectivity index (χ0v) is 19.7.